The standard InChI is InChI=1S/C27H25F5O6S2/c1-18(26(28,29)40(33,34)35)37-20-11-15-23(16-12-20)39(21-7-5-4-6-8-21)22-13-9-19(10-14-22)25(3)36-17-24(2,38-25)27(30,31)32/h4-16,18H,17H2,1-3H3/p+1. The molecule has 1 aliphatic rings. The Labute approximate surface area is 231 Å². The molecular formula is C27H26F5O6S2+. The van der Waals surface area contributed by atoms with Gasteiger partial charge in [-0.1, -0.05) is 18.2 Å². The molecule has 13 heteroatoms. The van der Waals surface area contributed by atoms with Crippen molar-refractivity contribution >= 4 is 21.0 Å². The third-order valence-corrected chi connectivity index (χ3v) is 9.68. The van der Waals surface area contributed by atoms with E-state index in [4.69, 9.17) is 18.8 Å². The lowest BCUT2D eigenvalue weighted by Gasteiger charge is -2.29. The van der Waals surface area contributed by atoms with E-state index in [1.807, 2.05) is 30.3 Å². The van der Waals surface area contributed by atoms with E-state index in [9.17, 15) is 30.4 Å². The molecule has 1 N–H and O–H groups in total. The number of halogens is 5. The zero-order valence-electron chi connectivity index (χ0n) is 21.5. The largest absolute Gasteiger partial charge is 0.483 e. The van der Waals surface area contributed by atoms with Crippen LogP contribution in [0.5, 0.6) is 5.75 Å². The zero-order chi connectivity index (χ0) is 29.6. The van der Waals surface area contributed by atoms with E-state index in [-0.39, 0.29) is 5.75 Å². The highest BCUT2D eigenvalue weighted by atomic mass is 32.2. The van der Waals surface area contributed by atoms with Gasteiger partial charge in [-0.15, -0.1) is 0 Å². The summed E-state index contributed by atoms with van der Waals surface area (Å²) in [5, 5.41) is -4.51. The summed E-state index contributed by atoms with van der Waals surface area (Å²) in [6.45, 7) is 2.55. The van der Waals surface area contributed by atoms with Gasteiger partial charge in [0.15, 0.2) is 32.2 Å². The van der Waals surface area contributed by atoms with Crippen molar-refractivity contribution in [3.05, 3.63) is 84.4 Å². The Morgan fingerprint density at radius 1 is 0.875 bits per heavy atom. The second-order valence-electron chi connectivity index (χ2n) is 9.48. The summed E-state index contributed by atoms with van der Waals surface area (Å²) < 4.78 is 115. The van der Waals surface area contributed by atoms with Gasteiger partial charge in [-0.3, -0.25) is 4.55 Å². The minimum Gasteiger partial charge on any atom is -0.483 e. The number of hydrogen-bond donors (Lipinski definition) is 1. The van der Waals surface area contributed by atoms with E-state index < -0.39 is 56.5 Å². The van der Waals surface area contributed by atoms with Crippen LogP contribution >= 0.6 is 0 Å². The summed E-state index contributed by atoms with van der Waals surface area (Å²) in [6.07, 6.45) is -6.77. The van der Waals surface area contributed by atoms with Crippen molar-refractivity contribution in [3.63, 3.8) is 0 Å². The average Bonchev–Trinajstić information content (AvgIpc) is 3.22. The van der Waals surface area contributed by atoms with Crippen molar-refractivity contribution in [1.29, 1.82) is 0 Å². The number of rotatable bonds is 8. The molecule has 1 fully saturated rings. The minimum atomic E-state index is -5.67. The molecule has 0 aromatic heterocycles. The third kappa shape index (κ3) is 5.84. The first-order chi connectivity index (χ1) is 18.5. The van der Waals surface area contributed by atoms with E-state index in [1.54, 1.807) is 36.4 Å². The average molecular weight is 606 g/mol. The Morgan fingerprint density at radius 3 is 1.85 bits per heavy atom. The maximum absolute atomic E-state index is 13.9. The summed E-state index contributed by atoms with van der Waals surface area (Å²) >= 11 is 0. The normalized spacial score (nSPS) is 23.5. The Bertz CT molecular complexity index is 1430. The van der Waals surface area contributed by atoms with Crippen LogP contribution in [0, 0.1) is 0 Å². The number of alkyl halides is 5. The second kappa shape index (κ2) is 10.6. The predicted molar refractivity (Wildman–Crippen MR) is 137 cm³/mol. The molecule has 3 aromatic carbocycles. The van der Waals surface area contributed by atoms with Crippen molar-refractivity contribution in [2.24, 2.45) is 0 Å². The van der Waals surface area contributed by atoms with Gasteiger partial charge in [-0.2, -0.15) is 30.4 Å². The lowest BCUT2D eigenvalue weighted by Crippen LogP contribution is -2.45. The van der Waals surface area contributed by atoms with E-state index in [1.165, 1.54) is 19.1 Å². The molecule has 1 aliphatic heterocycles. The van der Waals surface area contributed by atoms with Gasteiger partial charge in [-0.05, 0) is 81.4 Å². The van der Waals surface area contributed by atoms with Gasteiger partial charge >= 0.3 is 21.5 Å². The highest BCUT2D eigenvalue weighted by Gasteiger charge is 2.61. The summed E-state index contributed by atoms with van der Waals surface area (Å²) in [5.74, 6) is -1.64. The molecule has 0 bridgehead atoms. The molecule has 0 spiro atoms. The van der Waals surface area contributed by atoms with Gasteiger partial charge < -0.3 is 14.2 Å². The van der Waals surface area contributed by atoms with Gasteiger partial charge in [0.05, 0.1) is 17.5 Å². The van der Waals surface area contributed by atoms with Crippen LogP contribution in [0.4, 0.5) is 22.0 Å². The number of ether oxygens (including phenoxy) is 3. The zero-order valence-corrected chi connectivity index (χ0v) is 23.1. The molecule has 216 valence electrons. The minimum absolute atomic E-state index is 0.0392. The summed E-state index contributed by atoms with van der Waals surface area (Å²) in [5.41, 5.74) is -2.04. The molecule has 0 amide bonds. The third-order valence-electron chi connectivity index (χ3n) is 6.43. The van der Waals surface area contributed by atoms with Crippen molar-refractivity contribution in [2.45, 2.75) is 64.4 Å². The van der Waals surface area contributed by atoms with Crippen molar-refractivity contribution in [3.8, 4) is 5.75 Å². The van der Waals surface area contributed by atoms with Crippen LogP contribution in [0.2, 0.25) is 0 Å². The maximum atomic E-state index is 13.9. The maximum Gasteiger partial charge on any atom is 0.419 e. The lowest BCUT2D eigenvalue weighted by atomic mass is 10.1. The van der Waals surface area contributed by atoms with E-state index in [0.717, 1.165) is 28.5 Å². The van der Waals surface area contributed by atoms with Gasteiger partial charge in [0, 0.05) is 5.56 Å². The van der Waals surface area contributed by atoms with E-state index >= 15 is 0 Å². The SMILES string of the molecule is CC(Oc1ccc([S+](c2ccccc2)c2ccc(C3(C)OCC(C)(C(F)(F)F)O3)cc2)cc1)C(F)(F)S(=O)(=O)O. The molecule has 4 rings (SSSR count). The smallest absolute Gasteiger partial charge is 0.419 e. The topological polar surface area (TPSA) is 82.1 Å². The van der Waals surface area contributed by atoms with Crippen LogP contribution in [0.3, 0.4) is 0 Å². The van der Waals surface area contributed by atoms with E-state index in [2.05, 4.69) is 0 Å². The fourth-order valence-electron chi connectivity index (χ4n) is 4.04. The molecule has 3 aromatic rings. The first-order valence-electron chi connectivity index (χ1n) is 11.9. The highest BCUT2D eigenvalue weighted by Crippen LogP contribution is 2.47. The second-order valence-corrected chi connectivity index (χ2v) is 13.0. The van der Waals surface area contributed by atoms with Crippen LogP contribution < -0.4 is 4.74 Å². The van der Waals surface area contributed by atoms with Gasteiger partial charge in [0.25, 0.3) is 0 Å². The first-order valence-corrected chi connectivity index (χ1v) is 14.6. The van der Waals surface area contributed by atoms with Gasteiger partial charge in [0.1, 0.15) is 5.75 Å². The highest BCUT2D eigenvalue weighted by molar-refractivity contribution is 7.97. The molecule has 0 saturated carbocycles. The Morgan fingerprint density at radius 2 is 1.38 bits per heavy atom. The van der Waals surface area contributed by atoms with Crippen molar-refractivity contribution < 1.29 is 49.1 Å². The van der Waals surface area contributed by atoms with Crippen LogP contribution in [0.25, 0.3) is 0 Å². The molecule has 40 heavy (non-hydrogen) atoms. The number of hydrogen-bond acceptors (Lipinski definition) is 5. The van der Waals surface area contributed by atoms with Crippen LogP contribution in [0.1, 0.15) is 26.3 Å². The van der Waals surface area contributed by atoms with Crippen molar-refractivity contribution in [2.75, 3.05) is 6.61 Å². The first kappa shape index (κ1) is 30.3. The van der Waals surface area contributed by atoms with Crippen LogP contribution in [-0.2, 0) is 36.3 Å². The molecule has 4 atom stereocenters. The number of benzene rings is 3. The Balaban J connectivity index is 1.62. The molecular weight excluding hydrogens is 579 g/mol. The van der Waals surface area contributed by atoms with Crippen LogP contribution in [-0.4, -0.2) is 42.7 Å². The summed E-state index contributed by atoms with van der Waals surface area (Å²) in [4.78, 5) is 2.46. The molecule has 1 saturated heterocycles. The predicted octanol–water partition coefficient (Wildman–Crippen LogP) is 6.57. The Hall–Kier alpha value is -2.71. The fraction of sp³-hybridized carbons (Fsp3) is 0.333. The van der Waals surface area contributed by atoms with E-state index in [0.29, 0.717) is 5.56 Å². The summed E-state index contributed by atoms with van der Waals surface area (Å²) in [7, 11) is -6.39. The molecule has 0 radical (unpaired) electrons. The lowest BCUT2D eigenvalue weighted by molar-refractivity contribution is -0.283. The quantitative estimate of drug-likeness (QED) is 0.178. The molecule has 0 aliphatic carbocycles. The van der Waals surface area contributed by atoms with Gasteiger partial charge in [0.2, 0.25) is 0 Å². The molecule has 4 unspecified atom stereocenters. The van der Waals surface area contributed by atoms with Crippen molar-refractivity contribution in [1.82, 2.24) is 0 Å². The van der Waals surface area contributed by atoms with Crippen LogP contribution in [0.15, 0.2) is 93.5 Å². The Kier molecular flexibility index (Phi) is 8.02. The molecule has 1 heterocycles. The summed E-state index contributed by atoms with van der Waals surface area (Å²) in [6, 6.07) is 22.2. The molecule has 6 nitrogen and oxygen atoms in total. The fourth-order valence-corrected chi connectivity index (χ4v) is 6.57. The monoisotopic (exact) mass is 605 g/mol. The van der Waals surface area contributed by atoms with Gasteiger partial charge in [-0.25, -0.2) is 0 Å².